The fourth-order valence-electron chi connectivity index (χ4n) is 0.201. The SMILES string of the molecule is C=CC(=O)OCC.[O]=[Cr](=[O])([OH])[OH]. The van der Waals surface area contributed by atoms with Crippen molar-refractivity contribution in [2.24, 2.45) is 0 Å². The van der Waals surface area contributed by atoms with Gasteiger partial charge in [0.05, 0.1) is 6.61 Å². The molecule has 0 rings (SSSR count). The summed E-state index contributed by atoms with van der Waals surface area (Å²) in [6.07, 6.45) is 1.14. The first-order chi connectivity index (χ1) is 5.31. The van der Waals surface area contributed by atoms with Crippen molar-refractivity contribution in [1.29, 1.82) is 0 Å². The molecule has 0 aromatic rings. The van der Waals surface area contributed by atoms with Crippen LogP contribution in [0.5, 0.6) is 0 Å². The average Bonchev–Trinajstić information content (AvgIpc) is 1.85. The Labute approximate surface area is 71.9 Å². The number of hydrogen-bond acceptors (Lipinski definition) is 4. The van der Waals surface area contributed by atoms with Gasteiger partial charge in [0.25, 0.3) is 0 Å². The summed E-state index contributed by atoms with van der Waals surface area (Å²) in [6, 6.07) is 0. The van der Waals surface area contributed by atoms with E-state index < -0.39 is 13.6 Å². The molecule has 72 valence electrons. The first-order valence-corrected chi connectivity index (χ1v) is 4.98. The molecule has 0 aliphatic rings. The van der Waals surface area contributed by atoms with Gasteiger partial charge in [0.2, 0.25) is 0 Å². The van der Waals surface area contributed by atoms with Crippen LogP contribution in [0.4, 0.5) is 0 Å². The number of carbonyl (C=O) groups is 1. The first kappa shape index (κ1) is 13.8. The van der Waals surface area contributed by atoms with E-state index in [-0.39, 0.29) is 5.97 Å². The van der Waals surface area contributed by atoms with Crippen molar-refractivity contribution in [2.75, 3.05) is 6.61 Å². The summed E-state index contributed by atoms with van der Waals surface area (Å²) < 4.78 is 36.3. The quantitative estimate of drug-likeness (QED) is 0.473. The average molecular weight is 218 g/mol. The minimum absolute atomic E-state index is 0.359. The third-order valence-corrected chi connectivity index (χ3v) is 0.453. The molecule has 0 aliphatic carbocycles. The molecule has 12 heavy (non-hydrogen) atoms. The van der Waals surface area contributed by atoms with E-state index in [2.05, 4.69) is 11.3 Å². The van der Waals surface area contributed by atoms with Gasteiger partial charge in [-0.1, -0.05) is 6.58 Å². The second kappa shape index (κ2) is 6.94. The summed E-state index contributed by atoms with van der Waals surface area (Å²) in [7, 11) is 0. The maximum absolute atomic E-state index is 10.1. The maximum atomic E-state index is 10.1. The van der Waals surface area contributed by atoms with E-state index in [4.69, 9.17) is 15.9 Å². The summed E-state index contributed by atoms with van der Waals surface area (Å²) in [5, 5.41) is 0. The number of hydrogen-bond donors (Lipinski definition) is 2. The summed E-state index contributed by atoms with van der Waals surface area (Å²) in [6.45, 7) is 5.38. The summed E-state index contributed by atoms with van der Waals surface area (Å²) in [4.78, 5) is 10.1. The van der Waals surface area contributed by atoms with Gasteiger partial charge in [0.15, 0.2) is 0 Å². The Bertz CT molecular complexity index is 220. The van der Waals surface area contributed by atoms with Crippen LogP contribution in [0.2, 0.25) is 0 Å². The zero-order valence-corrected chi connectivity index (χ0v) is 7.70. The molecular formula is C5H10CrO6. The van der Waals surface area contributed by atoms with E-state index in [9.17, 15) is 4.79 Å². The first-order valence-electron chi connectivity index (χ1n) is 2.80. The normalized spacial score (nSPS) is 9.25. The third-order valence-electron chi connectivity index (χ3n) is 0.453. The zero-order valence-electron chi connectivity index (χ0n) is 6.43. The van der Waals surface area contributed by atoms with E-state index in [1.807, 2.05) is 0 Å². The third kappa shape index (κ3) is 34.8. The van der Waals surface area contributed by atoms with E-state index in [1.54, 1.807) is 6.92 Å². The second-order valence-electron chi connectivity index (χ2n) is 1.40. The fourth-order valence-corrected chi connectivity index (χ4v) is 0.201. The molecule has 0 spiro atoms. The van der Waals surface area contributed by atoms with Crippen molar-refractivity contribution >= 4 is 5.97 Å². The Balaban J connectivity index is 0. The molecule has 0 fully saturated rings. The predicted octanol–water partition coefficient (Wildman–Crippen LogP) is -0.619. The summed E-state index contributed by atoms with van der Waals surface area (Å²) in [5.41, 5.74) is 0. The zero-order chi connectivity index (χ0) is 10.2. The standard InChI is InChI=1S/C5H8O2.Cr.2H2O.2O/c1-3-5(6)7-4-2;;;;;/h3H,1,4H2,2H3;;2*1H2;;/q;+2;;;;/p-2. The second-order valence-corrected chi connectivity index (χ2v) is 2.80. The van der Waals surface area contributed by atoms with Crippen LogP contribution in [0, 0.1) is 0 Å². The molecule has 0 aliphatic heterocycles. The van der Waals surface area contributed by atoms with Crippen molar-refractivity contribution < 1.29 is 39.1 Å². The Morgan fingerprint density at radius 3 is 2.00 bits per heavy atom. The molecule has 0 bridgehead atoms. The van der Waals surface area contributed by atoms with E-state index >= 15 is 0 Å². The molecule has 2 N–H and O–H groups in total. The van der Waals surface area contributed by atoms with Gasteiger partial charge in [-0.2, -0.15) is 0 Å². The van der Waals surface area contributed by atoms with Crippen LogP contribution in [-0.2, 0) is 30.8 Å². The van der Waals surface area contributed by atoms with Gasteiger partial charge in [-0.3, -0.25) is 0 Å². The van der Waals surface area contributed by atoms with Crippen LogP contribution in [0.3, 0.4) is 0 Å². The van der Waals surface area contributed by atoms with Crippen LogP contribution in [0.1, 0.15) is 6.92 Å². The van der Waals surface area contributed by atoms with Gasteiger partial charge < -0.3 is 4.74 Å². The van der Waals surface area contributed by atoms with Crippen molar-refractivity contribution in [1.82, 2.24) is 0 Å². The van der Waals surface area contributed by atoms with Gasteiger partial charge in [0, 0.05) is 6.08 Å². The molecule has 0 aromatic heterocycles. The Morgan fingerprint density at radius 1 is 1.58 bits per heavy atom. The summed E-state index contributed by atoms with van der Waals surface area (Å²) >= 11 is -5.25. The Morgan fingerprint density at radius 2 is 1.92 bits per heavy atom. The molecule has 0 saturated carbocycles. The number of esters is 1. The van der Waals surface area contributed by atoms with Crippen LogP contribution in [0.25, 0.3) is 0 Å². The van der Waals surface area contributed by atoms with E-state index in [0.29, 0.717) is 6.61 Å². The minimum atomic E-state index is -5.25. The van der Waals surface area contributed by atoms with Gasteiger partial charge in [-0.25, -0.2) is 4.79 Å². The van der Waals surface area contributed by atoms with Gasteiger partial charge in [-0.15, -0.1) is 0 Å². The van der Waals surface area contributed by atoms with Gasteiger partial charge in [-0.05, 0) is 6.92 Å². The van der Waals surface area contributed by atoms with Crippen LogP contribution in [0.15, 0.2) is 12.7 Å². The van der Waals surface area contributed by atoms with E-state index in [1.165, 1.54) is 0 Å². The van der Waals surface area contributed by atoms with Crippen LogP contribution < -0.4 is 0 Å². The Hall–Kier alpha value is -0.738. The number of ether oxygens (including phenoxy) is 1. The van der Waals surface area contributed by atoms with Crippen molar-refractivity contribution in [3.63, 3.8) is 0 Å². The molecule has 0 amide bonds. The number of rotatable bonds is 2. The molecule has 6 nitrogen and oxygen atoms in total. The molecule has 7 heteroatoms. The molecule has 0 atom stereocenters. The monoisotopic (exact) mass is 218 g/mol. The van der Waals surface area contributed by atoms with Gasteiger partial charge in [0.1, 0.15) is 0 Å². The number of carbonyl (C=O) groups excluding carboxylic acids is 1. The van der Waals surface area contributed by atoms with Crippen molar-refractivity contribution in [2.45, 2.75) is 6.92 Å². The molecule has 0 radical (unpaired) electrons. The Kier molecular flexibility index (Phi) is 8.00. The van der Waals surface area contributed by atoms with Crippen LogP contribution in [-0.4, -0.2) is 20.9 Å². The predicted molar refractivity (Wildman–Crippen MR) is 32.6 cm³/mol. The molecule has 0 saturated heterocycles. The molecule has 0 heterocycles. The van der Waals surface area contributed by atoms with Gasteiger partial charge >= 0.3 is 35.5 Å². The fraction of sp³-hybridized carbons (Fsp3) is 0.400. The van der Waals surface area contributed by atoms with E-state index in [0.717, 1.165) is 6.08 Å². The molecular weight excluding hydrogens is 208 g/mol. The van der Waals surface area contributed by atoms with Crippen molar-refractivity contribution in [3.8, 4) is 0 Å². The molecule has 0 unspecified atom stereocenters. The summed E-state index contributed by atoms with van der Waals surface area (Å²) in [5.74, 6) is -0.359. The van der Waals surface area contributed by atoms with Crippen LogP contribution >= 0.6 is 0 Å². The topological polar surface area (TPSA) is 101 Å². The molecule has 0 aromatic carbocycles. The van der Waals surface area contributed by atoms with Crippen molar-refractivity contribution in [3.05, 3.63) is 12.7 Å².